The van der Waals surface area contributed by atoms with E-state index in [2.05, 4.69) is 10.6 Å². The highest BCUT2D eigenvalue weighted by molar-refractivity contribution is 7.54. The van der Waals surface area contributed by atoms with Crippen LogP contribution in [0.25, 0.3) is 10.8 Å². The molecule has 1 saturated heterocycles. The predicted molar refractivity (Wildman–Crippen MR) is 231 cm³/mol. The minimum Gasteiger partial charge on any atom is -0.480 e. The number of nitrogens with two attached hydrogens (primary N) is 1. The van der Waals surface area contributed by atoms with Gasteiger partial charge in [0.25, 0.3) is 17.7 Å². The molecular weight excluding hydrogens is 819 g/mol. The van der Waals surface area contributed by atoms with Gasteiger partial charge in [0.05, 0.1) is 6.04 Å². The quantitative estimate of drug-likeness (QED) is 0.0538. The number of carboxylic acid groups (broad SMARTS) is 1. The second-order valence-corrected chi connectivity index (χ2v) is 18.4. The normalized spacial score (nSPS) is 18.1. The van der Waals surface area contributed by atoms with E-state index in [1.54, 1.807) is 36.1 Å². The number of carbonyl (C=O) groups is 6. The largest absolute Gasteiger partial charge is 0.480 e. The first-order valence-electron chi connectivity index (χ1n) is 21.0. The van der Waals surface area contributed by atoms with Crippen molar-refractivity contribution in [3.05, 3.63) is 83.4 Å². The molecule has 5 amide bonds. The Morgan fingerprint density at radius 2 is 1.58 bits per heavy atom. The number of aliphatic carboxylic acids is 1. The second-order valence-electron chi connectivity index (χ2n) is 15.9. The fourth-order valence-corrected chi connectivity index (χ4v) is 10.1. The summed E-state index contributed by atoms with van der Waals surface area (Å²) in [5.74, 6) is -5.62. The Labute approximate surface area is 362 Å². The molecule has 2 heterocycles. The van der Waals surface area contributed by atoms with Crippen LogP contribution in [-0.2, 0) is 39.3 Å². The second kappa shape index (κ2) is 21.3. The molecule has 17 nitrogen and oxygen atoms in total. The number of hydrogen-bond acceptors (Lipinski definition) is 12. The summed E-state index contributed by atoms with van der Waals surface area (Å²) in [4.78, 5) is 86.3. The monoisotopic (exact) mass is 878 g/mol. The van der Waals surface area contributed by atoms with Crippen LogP contribution in [-0.4, -0.2) is 119 Å². The third-order valence-corrected chi connectivity index (χ3v) is 13.8. The predicted octanol–water partition coefficient (Wildman–Crippen LogP) is 5.32. The number of carboxylic acids is 1. The van der Waals surface area contributed by atoms with Gasteiger partial charge in [0.1, 0.15) is 18.4 Å². The standard InChI is InChI=1S/C44H59N6O11P/c1-6-48-25-14-23-44(48,42(45)56)50(35(41(54)55)21-10-11-24-46-43(57)61-28-30-15-8-7-9-16-30)40(53)34(27-29(2)3)47-36(62(58,59-4)60-5)22-26-49-38(51)32-19-12-17-31-18-13-20-33(37(31)32)39(49)52/h7-9,12-13,15-20,29,34-36,47H,6,10-11,14,21-28H2,1-5H3,(H2,45,56)(H,46,57)(H,54,55)/t34?,35?,36-,44+/m0/s1. The van der Waals surface area contributed by atoms with Crippen LogP contribution in [0.15, 0.2) is 66.7 Å². The summed E-state index contributed by atoms with van der Waals surface area (Å²) < 4.78 is 30.5. The first kappa shape index (κ1) is 47.9. The van der Waals surface area contributed by atoms with Gasteiger partial charge in [-0.2, -0.15) is 0 Å². The van der Waals surface area contributed by atoms with Crippen molar-refractivity contribution in [2.24, 2.45) is 11.7 Å². The highest BCUT2D eigenvalue weighted by Gasteiger charge is 2.57. The summed E-state index contributed by atoms with van der Waals surface area (Å²) in [5, 5.41) is 18.0. The van der Waals surface area contributed by atoms with E-state index in [4.69, 9.17) is 19.5 Å². The van der Waals surface area contributed by atoms with E-state index in [1.807, 2.05) is 56.3 Å². The molecule has 5 N–H and O–H groups in total. The first-order valence-corrected chi connectivity index (χ1v) is 22.6. The fraction of sp³-hybridized carbons (Fsp3) is 0.500. The van der Waals surface area contributed by atoms with Gasteiger partial charge in [-0.1, -0.05) is 75.4 Å². The van der Waals surface area contributed by atoms with Crippen molar-refractivity contribution < 1.29 is 52.2 Å². The van der Waals surface area contributed by atoms with E-state index in [-0.39, 0.29) is 64.3 Å². The van der Waals surface area contributed by atoms with E-state index < -0.39 is 66.8 Å². The van der Waals surface area contributed by atoms with E-state index >= 15 is 4.79 Å². The molecule has 4 atom stereocenters. The van der Waals surface area contributed by atoms with Crippen LogP contribution in [0.5, 0.6) is 0 Å². The number of likely N-dealkylation sites (tertiary alicyclic amines) is 1. The van der Waals surface area contributed by atoms with Crippen molar-refractivity contribution in [3.63, 3.8) is 0 Å². The Bertz CT molecular complexity index is 2100. The molecule has 5 rings (SSSR count). The smallest absolute Gasteiger partial charge is 0.407 e. The molecule has 3 aromatic carbocycles. The summed E-state index contributed by atoms with van der Waals surface area (Å²) in [6, 6.07) is 16.7. The zero-order valence-corrected chi connectivity index (χ0v) is 36.9. The Morgan fingerprint density at radius 1 is 0.935 bits per heavy atom. The molecule has 3 aromatic rings. The number of ether oxygens (including phenoxy) is 1. The molecule has 0 bridgehead atoms. The molecule has 1 fully saturated rings. The number of rotatable bonds is 23. The van der Waals surface area contributed by atoms with Gasteiger partial charge in [-0.25, -0.2) is 9.59 Å². The molecule has 336 valence electrons. The zero-order chi connectivity index (χ0) is 45.2. The van der Waals surface area contributed by atoms with Gasteiger partial charge in [0.15, 0.2) is 5.66 Å². The van der Waals surface area contributed by atoms with E-state index in [0.717, 1.165) is 20.7 Å². The maximum Gasteiger partial charge on any atom is 0.407 e. The molecule has 18 heteroatoms. The third-order valence-electron chi connectivity index (χ3n) is 11.6. The number of amides is 5. The summed E-state index contributed by atoms with van der Waals surface area (Å²) >= 11 is 0. The first-order chi connectivity index (χ1) is 29.6. The van der Waals surface area contributed by atoms with E-state index in [1.165, 1.54) is 14.2 Å². The Hall–Kier alpha value is -5.19. The summed E-state index contributed by atoms with van der Waals surface area (Å²) in [7, 11) is -1.79. The topological polar surface area (TPSA) is 227 Å². The van der Waals surface area contributed by atoms with Crippen LogP contribution >= 0.6 is 7.60 Å². The minimum atomic E-state index is -4.15. The molecule has 0 saturated carbocycles. The third kappa shape index (κ3) is 10.4. The van der Waals surface area contributed by atoms with Gasteiger partial charge in [0, 0.05) is 50.4 Å². The maximum absolute atomic E-state index is 15.3. The van der Waals surface area contributed by atoms with Crippen molar-refractivity contribution in [3.8, 4) is 0 Å². The number of imide groups is 1. The molecule has 0 spiro atoms. The lowest BCUT2D eigenvalue weighted by Crippen LogP contribution is -2.72. The average Bonchev–Trinajstić information content (AvgIpc) is 3.70. The number of carbonyl (C=O) groups excluding carboxylic acids is 5. The van der Waals surface area contributed by atoms with Crippen molar-refractivity contribution in [1.29, 1.82) is 0 Å². The van der Waals surface area contributed by atoms with Crippen molar-refractivity contribution in [1.82, 2.24) is 25.3 Å². The molecule has 2 aliphatic heterocycles. The number of primary amides is 1. The summed E-state index contributed by atoms with van der Waals surface area (Å²) in [6.07, 6.45) is 0.207. The average molecular weight is 879 g/mol. The van der Waals surface area contributed by atoms with Crippen molar-refractivity contribution in [2.75, 3.05) is 40.4 Å². The molecule has 0 aromatic heterocycles. The number of hydrogen-bond donors (Lipinski definition) is 4. The number of alkyl carbamates (subject to hydrolysis) is 1. The zero-order valence-electron chi connectivity index (χ0n) is 36.0. The highest BCUT2D eigenvalue weighted by Crippen LogP contribution is 2.52. The lowest BCUT2D eigenvalue weighted by molar-refractivity contribution is -0.172. The molecule has 62 heavy (non-hydrogen) atoms. The highest BCUT2D eigenvalue weighted by atomic mass is 31.2. The fourth-order valence-electron chi connectivity index (χ4n) is 8.64. The van der Waals surface area contributed by atoms with Gasteiger partial charge in [0.2, 0.25) is 5.91 Å². The number of nitrogens with one attached hydrogen (secondary N) is 2. The lowest BCUT2D eigenvalue weighted by atomic mass is 9.93. The summed E-state index contributed by atoms with van der Waals surface area (Å²) in [6.45, 7) is 6.11. The molecular formula is C44H59N6O11P. The van der Waals surface area contributed by atoms with Crippen molar-refractivity contribution in [2.45, 2.75) is 95.9 Å². The number of benzene rings is 3. The van der Waals surface area contributed by atoms with Gasteiger partial charge in [-0.3, -0.25) is 38.9 Å². The number of likely N-dealkylation sites (N-methyl/N-ethyl adjacent to an activating group) is 1. The van der Waals surface area contributed by atoms with Crippen LogP contribution in [0.1, 0.15) is 92.0 Å². The number of unbranched alkanes of at least 4 members (excludes halogenated alkanes) is 1. The van der Waals surface area contributed by atoms with Crippen LogP contribution in [0.4, 0.5) is 4.79 Å². The lowest BCUT2D eigenvalue weighted by Gasteiger charge is -2.48. The van der Waals surface area contributed by atoms with Gasteiger partial charge < -0.3 is 34.8 Å². The molecule has 2 unspecified atom stereocenters. The maximum atomic E-state index is 15.3. The van der Waals surface area contributed by atoms with E-state index in [9.17, 15) is 33.6 Å². The van der Waals surface area contributed by atoms with E-state index in [0.29, 0.717) is 35.9 Å². The minimum absolute atomic E-state index is 0.0698. The molecule has 0 aliphatic carbocycles. The Morgan fingerprint density at radius 3 is 2.15 bits per heavy atom. The van der Waals surface area contributed by atoms with Crippen LogP contribution in [0.3, 0.4) is 0 Å². The van der Waals surface area contributed by atoms with Crippen LogP contribution in [0.2, 0.25) is 0 Å². The van der Waals surface area contributed by atoms with Crippen LogP contribution in [0, 0.1) is 5.92 Å². The number of nitrogens with zero attached hydrogens (tertiary/aromatic N) is 3. The Balaban J connectivity index is 1.42. The Kier molecular flexibility index (Phi) is 16.4. The SMILES string of the molecule is CCN1CCC[C@]1(C(N)=O)N(C(=O)C(CC(C)C)N[C@H](CCN1C(=O)c2cccc3cccc(c23)C1=O)P(=O)(OC)OC)C(CCCCNC(=O)OCc1ccccc1)C(=O)O. The van der Waals surface area contributed by atoms with Gasteiger partial charge in [-0.05, 0) is 80.5 Å². The summed E-state index contributed by atoms with van der Waals surface area (Å²) in [5.41, 5.74) is 5.84. The van der Waals surface area contributed by atoms with Crippen LogP contribution < -0.4 is 16.4 Å². The van der Waals surface area contributed by atoms with Gasteiger partial charge in [-0.15, -0.1) is 0 Å². The molecule has 0 radical (unpaired) electrons. The van der Waals surface area contributed by atoms with Crippen molar-refractivity contribution >= 4 is 54.1 Å². The molecule has 2 aliphatic rings. The van der Waals surface area contributed by atoms with Gasteiger partial charge >= 0.3 is 19.7 Å².